The second kappa shape index (κ2) is 4.96. The van der Waals surface area contributed by atoms with Crippen LogP contribution in [0.2, 0.25) is 0 Å². The zero-order valence-electron chi connectivity index (χ0n) is 8.14. The molecule has 17 heavy (non-hydrogen) atoms. The summed E-state index contributed by atoms with van der Waals surface area (Å²) in [5.74, 6) is -2.04. The summed E-state index contributed by atoms with van der Waals surface area (Å²) in [5, 5.41) is 0. The first-order chi connectivity index (χ1) is 7.99. The summed E-state index contributed by atoms with van der Waals surface area (Å²) in [4.78, 5) is 12.0. The van der Waals surface area contributed by atoms with E-state index in [1.54, 1.807) is 6.07 Å². The Labute approximate surface area is 117 Å². The highest BCUT2D eigenvalue weighted by molar-refractivity contribution is 9.12. The lowest BCUT2D eigenvalue weighted by Crippen LogP contribution is -2.04. The second-order valence-electron chi connectivity index (χ2n) is 3.19. The van der Waals surface area contributed by atoms with Crippen LogP contribution in [0.1, 0.15) is 15.9 Å². The molecule has 0 atom stereocenters. The summed E-state index contributed by atoms with van der Waals surface area (Å²) in [6.45, 7) is 0. The molecule has 1 aromatic carbocycles. The molecule has 6 heteroatoms. The molecule has 1 aromatic heterocycles. The Morgan fingerprint density at radius 2 is 1.82 bits per heavy atom. The van der Waals surface area contributed by atoms with E-state index in [9.17, 15) is 13.6 Å². The van der Waals surface area contributed by atoms with Crippen LogP contribution in [0.25, 0.3) is 0 Å². The summed E-state index contributed by atoms with van der Waals surface area (Å²) in [7, 11) is 0. The van der Waals surface area contributed by atoms with E-state index >= 15 is 0 Å². The van der Waals surface area contributed by atoms with Crippen LogP contribution >= 0.6 is 43.2 Å². The monoisotopic (exact) mass is 380 g/mol. The normalized spacial score (nSPS) is 10.6. The molecule has 88 valence electrons. The molecule has 0 bridgehead atoms. The number of carbonyl (C=O) groups excluding carboxylic acids is 1. The van der Waals surface area contributed by atoms with Crippen molar-refractivity contribution in [1.82, 2.24) is 0 Å². The van der Waals surface area contributed by atoms with Crippen LogP contribution in [-0.4, -0.2) is 5.78 Å². The van der Waals surface area contributed by atoms with Crippen LogP contribution in [0.4, 0.5) is 8.78 Å². The van der Waals surface area contributed by atoms with Crippen LogP contribution in [0.3, 0.4) is 0 Å². The van der Waals surface area contributed by atoms with Crippen molar-refractivity contribution in [3.63, 3.8) is 0 Å². The van der Waals surface area contributed by atoms with E-state index in [1.165, 1.54) is 11.3 Å². The number of thiophene rings is 1. The fourth-order valence-corrected chi connectivity index (χ4v) is 4.11. The van der Waals surface area contributed by atoms with E-state index in [2.05, 4.69) is 31.9 Å². The standard InChI is InChI=1S/C11H4Br2F2OS/c12-9-4-7(11(13)17-9)10(16)6-2-1-5(14)3-8(6)15/h1-4H. The number of hydrogen-bond donors (Lipinski definition) is 0. The van der Waals surface area contributed by atoms with Crippen molar-refractivity contribution >= 4 is 49.0 Å². The Morgan fingerprint density at radius 1 is 1.12 bits per heavy atom. The molecule has 0 N–H and O–H groups in total. The minimum absolute atomic E-state index is 0.141. The van der Waals surface area contributed by atoms with Gasteiger partial charge in [0, 0.05) is 11.6 Å². The molecule has 0 unspecified atom stereocenters. The molecular weight excluding hydrogens is 378 g/mol. The van der Waals surface area contributed by atoms with Gasteiger partial charge < -0.3 is 0 Å². The molecule has 0 spiro atoms. The number of carbonyl (C=O) groups is 1. The van der Waals surface area contributed by atoms with Gasteiger partial charge in [-0.25, -0.2) is 8.78 Å². The third kappa shape index (κ3) is 2.64. The predicted octanol–water partition coefficient (Wildman–Crippen LogP) is 4.78. The van der Waals surface area contributed by atoms with Crippen molar-refractivity contribution in [2.75, 3.05) is 0 Å². The SMILES string of the molecule is O=C(c1ccc(F)cc1F)c1cc(Br)sc1Br. The molecule has 0 amide bonds. The van der Waals surface area contributed by atoms with Crippen LogP contribution in [0.5, 0.6) is 0 Å². The minimum atomic E-state index is -0.857. The zero-order valence-corrected chi connectivity index (χ0v) is 12.1. The van der Waals surface area contributed by atoms with Gasteiger partial charge in [0.2, 0.25) is 0 Å². The minimum Gasteiger partial charge on any atom is -0.288 e. The largest absolute Gasteiger partial charge is 0.288 e. The fourth-order valence-electron chi connectivity index (χ4n) is 1.31. The fraction of sp³-hybridized carbons (Fsp3) is 0. The zero-order chi connectivity index (χ0) is 12.6. The first-order valence-corrected chi connectivity index (χ1v) is 6.84. The number of benzene rings is 1. The van der Waals surface area contributed by atoms with E-state index < -0.39 is 17.4 Å². The van der Waals surface area contributed by atoms with Crippen molar-refractivity contribution < 1.29 is 13.6 Å². The smallest absolute Gasteiger partial charge is 0.198 e. The Bertz CT molecular complexity index is 595. The van der Waals surface area contributed by atoms with Crippen molar-refractivity contribution in [2.45, 2.75) is 0 Å². The summed E-state index contributed by atoms with van der Waals surface area (Å²) >= 11 is 7.78. The van der Waals surface area contributed by atoms with Gasteiger partial charge in [-0.2, -0.15) is 0 Å². The van der Waals surface area contributed by atoms with E-state index in [0.717, 1.165) is 15.9 Å². The Hall–Kier alpha value is -0.590. The molecule has 2 rings (SSSR count). The molecule has 1 nitrogen and oxygen atoms in total. The average Bonchev–Trinajstić information content (AvgIpc) is 2.57. The molecule has 1 heterocycles. The van der Waals surface area contributed by atoms with Gasteiger partial charge in [-0.1, -0.05) is 0 Å². The van der Waals surface area contributed by atoms with Gasteiger partial charge in [0.1, 0.15) is 11.6 Å². The molecule has 0 aliphatic rings. The van der Waals surface area contributed by atoms with E-state index in [-0.39, 0.29) is 5.56 Å². The Balaban J connectivity index is 2.47. The topological polar surface area (TPSA) is 17.1 Å². The van der Waals surface area contributed by atoms with Crippen molar-refractivity contribution in [3.8, 4) is 0 Å². The van der Waals surface area contributed by atoms with Crippen LogP contribution in [0, 0.1) is 11.6 Å². The Morgan fingerprint density at radius 3 is 2.35 bits per heavy atom. The summed E-state index contributed by atoms with van der Waals surface area (Å²) in [6.07, 6.45) is 0. The van der Waals surface area contributed by atoms with Gasteiger partial charge in [-0.05, 0) is 50.1 Å². The summed E-state index contributed by atoms with van der Waals surface area (Å²) in [5.41, 5.74) is 0.213. The maximum absolute atomic E-state index is 13.4. The third-order valence-corrected chi connectivity index (χ3v) is 4.42. The van der Waals surface area contributed by atoms with Crippen molar-refractivity contribution in [2.24, 2.45) is 0 Å². The molecule has 0 aliphatic heterocycles. The molecular formula is C11H4Br2F2OS. The molecule has 0 saturated carbocycles. The first-order valence-electron chi connectivity index (χ1n) is 4.43. The third-order valence-electron chi connectivity index (χ3n) is 2.08. The molecule has 0 saturated heterocycles. The highest BCUT2D eigenvalue weighted by Crippen LogP contribution is 2.33. The summed E-state index contributed by atoms with van der Waals surface area (Å²) in [6, 6.07) is 4.50. The molecule has 0 radical (unpaired) electrons. The lowest BCUT2D eigenvalue weighted by molar-refractivity contribution is 0.103. The molecule has 0 fully saturated rings. The lowest BCUT2D eigenvalue weighted by atomic mass is 10.1. The van der Waals surface area contributed by atoms with Gasteiger partial charge in [0.05, 0.1) is 13.1 Å². The van der Waals surface area contributed by atoms with Crippen LogP contribution in [0.15, 0.2) is 31.8 Å². The van der Waals surface area contributed by atoms with Crippen molar-refractivity contribution in [1.29, 1.82) is 0 Å². The van der Waals surface area contributed by atoms with E-state index in [0.29, 0.717) is 15.4 Å². The maximum atomic E-state index is 13.4. The highest BCUT2D eigenvalue weighted by atomic mass is 79.9. The molecule has 0 aliphatic carbocycles. The van der Waals surface area contributed by atoms with E-state index in [1.807, 2.05) is 0 Å². The van der Waals surface area contributed by atoms with E-state index in [4.69, 9.17) is 0 Å². The van der Waals surface area contributed by atoms with Crippen molar-refractivity contribution in [3.05, 3.63) is 54.6 Å². The Kier molecular flexibility index (Phi) is 3.75. The second-order valence-corrected chi connectivity index (χ2v) is 6.94. The first kappa shape index (κ1) is 12.9. The highest BCUT2D eigenvalue weighted by Gasteiger charge is 2.19. The van der Waals surface area contributed by atoms with Gasteiger partial charge in [-0.3, -0.25) is 4.79 Å². The van der Waals surface area contributed by atoms with Gasteiger partial charge in [0.25, 0.3) is 0 Å². The molecule has 2 aromatic rings. The van der Waals surface area contributed by atoms with Gasteiger partial charge >= 0.3 is 0 Å². The maximum Gasteiger partial charge on any atom is 0.198 e. The average molecular weight is 382 g/mol. The van der Waals surface area contributed by atoms with Gasteiger partial charge in [0.15, 0.2) is 5.78 Å². The quantitative estimate of drug-likeness (QED) is 0.684. The van der Waals surface area contributed by atoms with Crippen LogP contribution < -0.4 is 0 Å². The number of rotatable bonds is 2. The van der Waals surface area contributed by atoms with Crippen LogP contribution in [-0.2, 0) is 0 Å². The summed E-state index contributed by atoms with van der Waals surface area (Å²) < 4.78 is 27.5. The number of ketones is 1. The predicted molar refractivity (Wildman–Crippen MR) is 69.5 cm³/mol. The number of halogens is 4. The van der Waals surface area contributed by atoms with Gasteiger partial charge in [-0.15, -0.1) is 11.3 Å². The number of hydrogen-bond acceptors (Lipinski definition) is 2. The lowest BCUT2D eigenvalue weighted by Gasteiger charge is -2.01.